The number of piperidine rings is 1. The minimum Gasteiger partial charge on any atom is -0.375 e. The van der Waals surface area contributed by atoms with Gasteiger partial charge in [0.05, 0.1) is 12.1 Å². The van der Waals surface area contributed by atoms with Crippen molar-refractivity contribution in [3.8, 4) is 0 Å². The van der Waals surface area contributed by atoms with Gasteiger partial charge in [-0.1, -0.05) is 43.3 Å². The Bertz CT molecular complexity index is 892. The van der Waals surface area contributed by atoms with Gasteiger partial charge < -0.3 is 10.1 Å². The molecule has 0 unspecified atom stereocenters. The number of hydrogen-bond acceptors (Lipinski definition) is 3. The van der Waals surface area contributed by atoms with E-state index in [4.69, 9.17) is 4.74 Å². The summed E-state index contributed by atoms with van der Waals surface area (Å²) in [6, 6.07) is 15.2. The first kappa shape index (κ1) is 21.0. The van der Waals surface area contributed by atoms with Crippen LogP contribution in [-0.2, 0) is 21.5 Å². The third-order valence-corrected chi connectivity index (χ3v) is 6.71. The zero-order valence-electron chi connectivity index (χ0n) is 17.9. The van der Waals surface area contributed by atoms with Gasteiger partial charge >= 0.3 is 0 Å². The number of carbonyl (C=O) groups excluding carboxylic acids is 1. The molecule has 160 valence electrons. The standard InChI is InChI=1S/C25H31FN2O2/c1-3-22(29)27-23-20-10-5-6-11-21(20)25(24(23)30-4-2)12-14-28(15-13-25)17-18-8-7-9-19(26)16-18/h5-11,16,23-24H,3-4,12-15,17H2,1-2H3,(H,27,29)/t23-,24+/m0/s1. The van der Waals surface area contributed by atoms with E-state index in [9.17, 15) is 9.18 Å². The lowest BCUT2D eigenvalue weighted by atomic mass is 9.71. The first-order valence-corrected chi connectivity index (χ1v) is 11.0. The fraction of sp³-hybridized carbons (Fsp3) is 0.480. The zero-order chi connectivity index (χ0) is 21.1. The Morgan fingerprint density at radius 1 is 1.17 bits per heavy atom. The number of halogens is 1. The van der Waals surface area contributed by atoms with Gasteiger partial charge in [0.2, 0.25) is 5.91 Å². The van der Waals surface area contributed by atoms with Gasteiger partial charge in [0, 0.05) is 25.0 Å². The molecule has 1 N–H and O–H groups in total. The molecule has 1 aliphatic heterocycles. The molecule has 4 rings (SSSR count). The second kappa shape index (κ2) is 8.86. The molecule has 2 aromatic rings. The van der Waals surface area contributed by atoms with Crippen LogP contribution in [0, 0.1) is 5.82 Å². The van der Waals surface area contributed by atoms with E-state index >= 15 is 0 Å². The molecule has 1 aliphatic carbocycles. The fourth-order valence-electron chi connectivity index (χ4n) is 5.28. The fourth-order valence-corrected chi connectivity index (χ4v) is 5.28. The summed E-state index contributed by atoms with van der Waals surface area (Å²) in [6.45, 7) is 7.11. The molecule has 1 heterocycles. The van der Waals surface area contributed by atoms with Gasteiger partial charge in [0.25, 0.3) is 0 Å². The maximum absolute atomic E-state index is 13.6. The zero-order valence-corrected chi connectivity index (χ0v) is 17.9. The molecule has 4 nitrogen and oxygen atoms in total. The van der Waals surface area contributed by atoms with Crippen molar-refractivity contribution in [1.29, 1.82) is 0 Å². The minimum atomic E-state index is -0.184. The molecule has 30 heavy (non-hydrogen) atoms. The molecule has 0 radical (unpaired) electrons. The number of nitrogens with zero attached hydrogens (tertiary/aromatic N) is 1. The third kappa shape index (κ3) is 3.88. The largest absolute Gasteiger partial charge is 0.375 e. The number of amides is 1. The van der Waals surface area contributed by atoms with Crippen LogP contribution in [0.4, 0.5) is 4.39 Å². The number of benzene rings is 2. The highest BCUT2D eigenvalue weighted by atomic mass is 19.1. The third-order valence-electron chi connectivity index (χ3n) is 6.71. The topological polar surface area (TPSA) is 41.6 Å². The lowest BCUT2D eigenvalue weighted by molar-refractivity contribution is -0.123. The Kier molecular flexibility index (Phi) is 6.21. The second-order valence-electron chi connectivity index (χ2n) is 8.42. The van der Waals surface area contributed by atoms with Gasteiger partial charge in [0.1, 0.15) is 5.82 Å². The van der Waals surface area contributed by atoms with E-state index in [0.717, 1.165) is 38.0 Å². The van der Waals surface area contributed by atoms with Crippen molar-refractivity contribution in [3.63, 3.8) is 0 Å². The molecule has 2 aliphatic rings. The molecule has 1 saturated heterocycles. The van der Waals surface area contributed by atoms with Crippen molar-refractivity contribution >= 4 is 5.91 Å². The van der Waals surface area contributed by atoms with E-state index < -0.39 is 0 Å². The highest BCUT2D eigenvalue weighted by Crippen LogP contribution is 2.52. The van der Waals surface area contributed by atoms with Crippen LogP contribution in [0.25, 0.3) is 0 Å². The van der Waals surface area contributed by atoms with Gasteiger partial charge in [-0.05, 0) is 61.7 Å². The summed E-state index contributed by atoms with van der Waals surface area (Å²) in [5.74, 6) is -0.128. The number of nitrogens with one attached hydrogen (secondary N) is 1. The smallest absolute Gasteiger partial charge is 0.220 e. The molecular formula is C25H31FN2O2. The average molecular weight is 411 g/mol. The molecular weight excluding hydrogens is 379 g/mol. The monoisotopic (exact) mass is 410 g/mol. The van der Waals surface area contributed by atoms with Crippen LogP contribution in [0.1, 0.15) is 55.8 Å². The van der Waals surface area contributed by atoms with E-state index in [1.54, 1.807) is 12.1 Å². The van der Waals surface area contributed by atoms with Gasteiger partial charge in [-0.3, -0.25) is 9.69 Å². The quantitative estimate of drug-likeness (QED) is 0.770. The van der Waals surface area contributed by atoms with Crippen LogP contribution >= 0.6 is 0 Å². The summed E-state index contributed by atoms with van der Waals surface area (Å²) in [6.07, 6.45) is 2.32. The normalized spacial score (nSPS) is 22.8. The number of likely N-dealkylation sites (tertiary alicyclic amines) is 1. The van der Waals surface area contributed by atoms with Gasteiger partial charge in [-0.15, -0.1) is 0 Å². The predicted molar refractivity (Wildman–Crippen MR) is 116 cm³/mol. The molecule has 1 amide bonds. The molecule has 5 heteroatoms. The number of hydrogen-bond donors (Lipinski definition) is 1. The summed E-state index contributed by atoms with van der Waals surface area (Å²) in [5, 5.41) is 3.23. The van der Waals surface area contributed by atoms with Crippen LogP contribution in [0.5, 0.6) is 0 Å². The lowest BCUT2D eigenvalue weighted by Gasteiger charge is -2.44. The molecule has 0 bridgehead atoms. The van der Waals surface area contributed by atoms with E-state index in [-0.39, 0.29) is 29.3 Å². The Balaban J connectivity index is 1.58. The summed E-state index contributed by atoms with van der Waals surface area (Å²) in [5.41, 5.74) is 3.41. The van der Waals surface area contributed by atoms with Crippen molar-refractivity contribution in [2.75, 3.05) is 19.7 Å². The number of rotatable bonds is 6. The number of fused-ring (bicyclic) bond motifs is 2. The van der Waals surface area contributed by atoms with Gasteiger partial charge in [-0.2, -0.15) is 0 Å². The molecule has 0 aromatic heterocycles. The summed E-state index contributed by atoms with van der Waals surface area (Å²) < 4.78 is 19.9. The first-order valence-electron chi connectivity index (χ1n) is 11.0. The minimum absolute atomic E-state index is 0.0556. The first-order chi connectivity index (χ1) is 14.6. The Labute approximate surface area is 178 Å². The maximum Gasteiger partial charge on any atom is 0.220 e. The van der Waals surface area contributed by atoms with Crippen molar-refractivity contribution in [1.82, 2.24) is 10.2 Å². The van der Waals surface area contributed by atoms with E-state index in [0.29, 0.717) is 13.0 Å². The number of ether oxygens (including phenoxy) is 1. The van der Waals surface area contributed by atoms with E-state index in [1.165, 1.54) is 17.2 Å². The molecule has 1 fully saturated rings. The molecule has 2 atom stereocenters. The highest BCUT2D eigenvalue weighted by Gasteiger charge is 2.54. The van der Waals surface area contributed by atoms with Gasteiger partial charge in [0.15, 0.2) is 0 Å². The van der Waals surface area contributed by atoms with Crippen LogP contribution < -0.4 is 5.32 Å². The predicted octanol–water partition coefficient (Wildman–Crippen LogP) is 4.35. The second-order valence-corrected chi connectivity index (χ2v) is 8.42. The van der Waals surface area contributed by atoms with E-state index in [1.807, 2.05) is 26.0 Å². The van der Waals surface area contributed by atoms with Crippen molar-refractivity contribution in [2.45, 2.75) is 57.2 Å². The SMILES string of the molecule is CCO[C@@H]1[C@@H](NC(=O)CC)c2ccccc2C12CCN(Cc1cccc(F)c1)CC2. The van der Waals surface area contributed by atoms with Crippen LogP contribution in [0.15, 0.2) is 48.5 Å². The summed E-state index contributed by atoms with van der Waals surface area (Å²) in [4.78, 5) is 14.7. The highest BCUT2D eigenvalue weighted by molar-refractivity contribution is 5.76. The van der Waals surface area contributed by atoms with Crippen molar-refractivity contribution in [3.05, 3.63) is 71.0 Å². The average Bonchev–Trinajstić information content (AvgIpc) is 2.99. The molecule has 2 aromatic carbocycles. The van der Waals surface area contributed by atoms with Crippen LogP contribution in [-0.4, -0.2) is 36.6 Å². The van der Waals surface area contributed by atoms with E-state index in [2.05, 4.69) is 28.4 Å². The Morgan fingerprint density at radius 3 is 2.63 bits per heavy atom. The summed E-state index contributed by atoms with van der Waals surface area (Å²) in [7, 11) is 0. The van der Waals surface area contributed by atoms with Crippen LogP contribution in [0.2, 0.25) is 0 Å². The van der Waals surface area contributed by atoms with Crippen molar-refractivity contribution in [2.24, 2.45) is 0 Å². The Hall–Kier alpha value is -2.24. The van der Waals surface area contributed by atoms with Crippen LogP contribution in [0.3, 0.4) is 0 Å². The molecule has 1 spiro atoms. The summed E-state index contributed by atoms with van der Waals surface area (Å²) >= 11 is 0. The molecule has 0 saturated carbocycles. The lowest BCUT2D eigenvalue weighted by Crippen LogP contribution is -2.50. The number of carbonyl (C=O) groups is 1. The maximum atomic E-state index is 13.6. The van der Waals surface area contributed by atoms with Gasteiger partial charge in [-0.25, -0.2) is 4.39 Å². The Morgan fingerprint density at radius 2 is 1.93 bits per heavy atom. The van der Waals surface area contributed by atoms with Crippen molar-refractivity contribution < 1.29 is 13.9 Å².